The summed E-state index contributed by atoms with van der Waals surface area (Å²) in [6, 6.07) is 7.11. The average Bonchev–Trinajstić information content (AvgIpc) is 3.67. The van der Waals surface area contributed by atoms with Gasteiger partial charge < -0.3 is 25.3 Å². The van der Waals surface area contributed by atoms with Crippen LogP contribution in [-0.4, -0.2) is 58.0 Å². The summed E-state index contributed by atoms with van der Waals surface area (Å²) in [4.78, 5) is 19.9. The van der Waals surface area contributed by atoms with Crippen molar-refractivity contribution >= 4 is 45.0 Å². The number of aliphatic imine (C=N–C) groups is 1. The Kier molecular flexibility index (Phi) is 11.2. The molecule has 2 aliphatic heterocycles. The van der Waals surface area contributed by atoms with Crippen LogP contribution in [0, 0.1) is 19.8 Å². The number of likely N-dealkylation sites (tertiary alicyclic amines) is 2. The van der Waals surface area contributed by atoms with Gasteiger partial charge in [-0.05, 0) is 56.9 Å². The zero-order valence-electron chi connectivity index (χ0n) is 22.9. The third-order valence-electron chi connectivity index (χ3n) is 6.38. The molecule has 2 aromatic heterocycles. The summed E-state index contributed by atoms with van der Waals surface area (Å²) in [7, 11) is 0. The number of alkyl halides is 3. The van der Waals surface area contributed by atoms with Gasteiger partial charge in [-0.2, -0.15) is 18.2 Å². The fraction of sp³-hybridized carbons (Fsp3) is 0.429. The number of hydrogen-bond donors (Lipinski definition) is 2. The zero-order chi connectivity index (χ0) is 30.0. The molecule has 220 valence electrons. The predicted octanol–water partition coefficient (Wildman–Crippen LogP) is 5.92. The van der Waals surface area contributed by atoms with Gasteiger partial charge in [-0.25, -0.2) is 0 Å². The third kappa shape index (κ3) is 9.24. The fourth-order valence-electron chi connectivity index (χ4n) is 4.47. The number of nitrogens with zero attached hydrogens (tertiary/aromatic N) is 5. The molecule has 5 rings (SSSR count). The first-order chi connectivity index (χ1) is 19.6. The highest BCUT2D eigenvalue weighted by molar-refractivity contribution is 7.15. The summed E-state index contributed by atoms with van der Waals surface area (Å²) in [5.74, 6) is 1.000. The molecule has 0 aliphatic carbocycles. The Bertz CT molecular complexity index is 1370. The second kappa shape index (κ2) is 14.5. The lowest BCUT2D eigenvalue weighted by molar-refractivity contribution is -0.138. The molecule has 1 amide bonds. The van der Waals surface area contributed by atoms with Crippen LogP contribution in [0.4, 0.5) is 24.0 Å². The molecule has 2 saturated heterocycles. The molecule has 3 aromatic rings. The minimum Gasteiger partial charge on any atom is -0.461 e. The molecule has 0 unspecified atom stereocenters. The van der Waals surface area contributed by atoms with Gasteiger partial charge >= 0.3 is 6.18 Å². The molecule has 2 aliphatic rings. The van der Waals surface area contributed by atoms with Crippen molar-refractivity contribution in [2.24, 2.45) is 10.7 Å². The minimum atomic E-state index is -4.54. The summed E-state index contributed by atoms with van der Waals surface area (Å²) in [5.41, 5.74) is 8.16. The van der Waals surface area contributed by atoms with Gasteiger partial charge in [-0.3, -0.25) is 4.79 Å². The second-order valence-corrected chi connectivity index (χ2v) is 10.5. The lowest BCUT2D eigenvalue weighted by Crippen LogP contribution is -2.35. The Morgan fingerprint density at radius 3 is 2.54 bits per heavy atom. The standard InChI is InChI=1S/C13H10F3N5OS.C13H22N2O.C2H2/c1-6-4-7-5-8(2-3-9(7)22-6)18-11(17)19-12-21-20-10(23-12)13(14,15)16;1-12(14-8-5-6-9-14)11-15-10-4-2-3-7-13(15)16;1-2/h2-5H,1H3,(H3,17,18,19,21);1-11H2;1-2H. The van der Waals surface area contributed by atoms with Crippen LogP contribution in [-0.2, 0) is 11.0 Å². The number of nitrogens with two attached hydrogens (primary N) is 1. The molecule has 1 aromatic carbocycles. The van der Waals surface area contributed by atoms with E-state index in [1.54, 1.807) is 18.2 Å². The number of aromatic nitrogens is 2. The van der Waals surface area contributed by atoms with Crippen molar-refractivity contribution in [3.8, 4) is 12.8 Å². The van der Waals surface area contributed by atoms with Crippen molar-refractivity contribution in [1.82, 2.24) is 20.0 Å². The number of benzene rings is 1. The summed E-state index contributed by atoms with van der Waals surface area (Å²) in [5, 5.41) is 8.78. The van der Waals surface area contributed by atoms with Gasteiger partial charge in [0.1, 0.15) is 11.3 Å². The van der Waals surface area contributed by atoms with E-state index in [0.717, 1.165) is 67.9 Å². The summed E-state index contributed by atoms with van der Waals surface area (Å²) in [6.07, 6.45) is 10.1. The lowest BCUT2D eigenvalue weighted by Gasteiger charge is -2.27. The molecule has 9 nitrogen and oxygen atoms in total. The van der Waals surface area contributed by atoms with Gasteiger partial charge in [0.15, 0.2) is 0 Å². The second-order valence-electron chi connectivity index (χ2n) is 9.51. The van der Waals surface area contributed by atoms with Crippen molar-refractivity contribution < 1.29 is 22.4 Å². The van der Waals surface area contributed by atoms with Crippen LogP contribution in [0.5, 0.6) is 0 Å². The molecule has 0 saturated carbocycles. The number of amides is 1. The van der Waals surface area contributed by atoms with Crippen molar-refractivity contribution in [2.45, 2.75) is 51.6 Å². The Labute approximate surface area is 241 Å². The molecule has 0 atom stereocenters. The highest BCUT2D eigenvalue weighted by Crippen LogP contribution is 2.34. The van der Waals surface area contributed by atoms with Crippen LogP contribution >= 0.6 is 11.3 Å². The minimum absolute atomic E-state index is 0.0885. The normalized spacial score (nSPS) is 16.0. The lowest BCUT2D eigenvalue weighted by atomic mass is 10.2. The van der Waals surface area contributed by atoms with Crippen LogP contribution in [0.1, 0.15) is 49.3 Å². The van der Waals surface area contributed by atoms with E-state index in [4.69, 9.17) is 10.2 Å². The van der Waals surface area contributed by atoms with E-state index in [-0.39, 0.29) is 11.1 Å². The van der Waals surface area contributed by atoms with Crippen LogP contribution in [0.3, 0.4) is 0 Å². The average molecular weight is 590 g/mol. The van der Waals surface area contributed by atoms with Crippen molar-refractivity contribution in [2.75, 3.05) is 31.5 Å². The highest BCUT2D eigenvalue weighted by Gasteiger charge is 2.35. The molecule has 4 heterocycles. The fourth-order valence-corrected chi connectivity index (χ4v) is 5.06. The number of anilines is 1. The maximum absolute atomic E-state index is 12.4. The predicted molar refractivity (Wildman–Crippen MR) is 156 cm³/mol. The van der Waals surface area contributed by atoms with Gasteiger partial charge in [-0.15, -0.1) is 23.0 Å². The van der Waals surface area contributed by atoms with Gasteiger partial charge in [-0.1, -0.05) is 24.3 Å². The smallest absolute Gasteiger partial charge is 0.445 e. The van der Waals surface area contributed by atoms with Crippen molar-refractivity contribution in [3.05, 3.63) is 47.3 Å². The maximum atomic E-state index is 12.4. The first-order valence-electron chi connectivity index (χ1n) is 13.1. The summed E-state index contributed by atoms with van der Waals surface area (Å²) in [6.45, 7) is 9.88. The van der Waals surface area contributed by atoms with E-state index >= 15 is 0 Å². The van der Waals surface area contributed by atoms with Crippen molar-refractivity contribution in [1.29, 1.82) is 0 Å². The van der Waals surface area contributed by atoms with Gasteiger partial charge in [0.05, 0.1) is 6.54 Å². The Morgan fingerprint density at radius 1 is 1.15 bits per heavy atom. The number of carbonyl (C=O) groups excluding carboxylic acids is 1. The number of rotatable bonds is 5. The number of aryl methyl sites for hydroxylation is 1. The molecule has 0 bridgehead atoms. The Morgan fingerprint density at radius 2 is 1.85 bits per heavy atom. The monoisotopic (exact) mass is 589 g/mol. The Balaban J connectivity index is 0.000000225. The number of nitrogens with one attached hydrogen (secondary N) is 1. The molecular weight excluding hydrogens is 555 g/mol. The highest BCUT2D eigenvalue weighted by atomic mass is 32.1. The maximum Gasteiger partial charge on any atom is 0.445 e. The zero-order valence-corrected chi connectivity index (χ0v) is 23.7. The van der Waals surface area contributed by atoms with E-state index < -0.39 is 11.2 Å². The number of halogens is 3. The summed E-state index contributed by atoms with van der Waals surface area (Å²) >= 11 is 0.315. The van der Waals surface area contributed by atoms with E-state index in [1.165, 1.54) is 19.3 Å². The number of fused-ring (bicyclic) bond motifs is 1. The first kappa shape index (κ1) is 31.5. The van der Waals surface area contributed by atoms with E-state index in [2.05, 4.69) is 44.8 Å². The van der Waals surface area contributed by atoms with Gasteiger partial charge in [0.25, 0.3) is 0 Å². The first-order valence-corrected chi connectivity index (χ1v) is 14.0. The number of carbonyl (C=O) groups is 1. The van der Waals surface area contributed by atoms with Gasteiger partial charge in [0.2, 0.25) is 22.0 Å². The molecule has 2 fully saturated rings. The quantitative estimate of drug-likeness (QED) is 0.216. The summed E-state index contributed by atoms with van der Waals surface area (Å²) < 4.78 is 42.8. The van der Waals surface area contributed by atoms with E-state index in [9.17, 15) is 18.0 Å². The van der Waals surface area contributed by atoms with E-state index in [1.807, 2.05) is 17.9 Å². The number of terminal acetylenes is 1. The number of hydrogen-bond acceptors (Lipinski definition) is 7. The molecule has 41 heavy (non-hydrogen) atoms. The number of furan rings is 1. The topological polar surface area (TPSA) is 113 Å². The van der Waals surface area contributed by atoms with E-state index in [0.29, 0.717) is 22.9 Å². The van der Waals surface area contributed by atoms with Crippen LogP contribution < -0.4 is 11.1 Å². The van der Waals surface area contributed by atoms with Crippen LogP contribution in [0.2, 0.25) is 0 Å². The van der Waals surface area contributed by atoms with Crippen LogP contribution in [0.15, 0.2) is 46.0 Å². The molecule has 13 heteroatoms. The third-order valence-corrected chi connectivity index (χ3v) is 7.24. The molecule has 0 spiro atoms. The number of guanidine groups is 1. The molecule has 0 radical (unpaired) electrons. The Hall–Kier alpha value is -4.05. The largest absolute Gasteiger partial charge is 0.461 e. The van der Waals surface area contributed by atoms with Crippen LogP contribution in [0.25, 0.3) is 11.0 Å². The van der Waals surface area contributed by atoms with Crippen molar-refractivity contribution in [3.63, 3.8) is 0 Å². The SMILES string of the molecule is C#C.C=C(CN1CCCCCC1=O)N1CCCC1.Cc1cc2cc(NC(N)=Nc3nnc(C(F)(F)F)s3)ccc2o1. The molecule has 3 N–H and O–H groups in total. The van der Waals surface area contributed by atoms with Gasteiger partial charge in [0, 0.05) is 42.8 Å². The molecular formula is C28H34F3N7O2S.